The number of hydrogen-bond acceptors (Lipinski definition) is 3. The first kappa shape index (κ1) is 16.6. The molecule has 0 saturated carbocycles. The Bertz CT molecular complexity index is 654. The fourth-order valence-corrected chi connectivity index (χ4v) is 3.01. The summed E-state index contributed by atoms with van der Waals surface area (Å²) >= 11 is 6.02. The highest BCUT2D eigenvalue weighted by atomic mass is 35.5. The SMILES string of the molecule is O=C(NCCOc1ccccc1Cl)N1CCC(n2cccn2)CC1. The molecule has 2 heterocycles. The molecule has 1 aromatic carbocycles. The minimum atomic E-state index is -0.0447. The lowest BCUT2D eigenvalue weighted by atomic mass is 10.1. The number of halogens is 1. The van der Waals surface area contributed by atoms with E-state index in [1.807, 2.05) is 40.0 Å². The van der Waals surface area contributed by atoms with Crippen molar-refractivity contribution in [2.75, 3.05) is 26.2 Å². The number of rotatable bonds is 5. The largest absolute Gasteiger partial charge is 0.490 e. The van der Waals surface area contributed by atoms with Crippen molar-refractivity contribution in [1.82, 2.24) is 20.0 Å². The van der Waals surface area contributed by atoms with E-state index in [0.717, 1.165) is 25.9 Å². The van der Waals surface area contributed by atoms with E-state index >= 15 is 0 Å². The van der Waals surface area contributed by atoms with Crippen LogP contribution in [0.25, 0.3) is 0 Å². The molecule has 6 nitrogen and oxygen atoms in total. The monoisotopic (exact) mass is 348 g/mol. The lowest BCUT2D eigenvalue weighted by molar-refractivity contribution is 0.166. The van der Waals surface area contributed by atoms with Crippen LogP contribution in [-0.2, 0) is 0 Å². The highest BCUT2D eigenvalue weighted by Gasteiger charge is 2.23. The fraction of sp³-hybridized carbons (Fsp3) is 0.412. The summed E-state index contributed by atoms with van der Waals surface area (Å²) in [6.45, 7) is 2.31. The number of piperidine rings is 1. The summed E-state index contributed by atoms with van der Waals surface area (Å²) in [7, 11) is 0. The molecule has 0 unspecified atom stereocenters. The number of nitrogens with zero attached hydrogens (tertiary/aromatic N) is 3. The zero-order valence-electron chi connectivity index (χ0n) is 13.4. The molecular formula is C17H21ClN4O2. The molecule has 1 aliphatic rings. The van der Waals surface area contributed by atoms with Crippen LogP contribution in [0.15, 0.2) is 42.7 Å². The van der Waals surface area contributed by atoms with Crippen molar-refractivity contribution in [3.8, 4) is 5.75 Å². The van der Waals surface area contributed by atoms with Gasteiger partial charge in [-0.1, -0.05) is 23.7 Å². The molecule has 1 aromatic heterocycles. The molecular weight excluding hydrogens is 328 g/mol. The van der Waals surface area contributed by atoms with Crippen molar-refractivity contribution in [1.29, 1.82) is 0 Å². The Kier molecular flexibility index (Phi) is 5.59. The van der Waals surface area contributed by atoms with E-state index < -0.39 is 0 Å². The highest BCUT2D eigenvalue weighted by Crippen LogP contribution is 2.23. The third-order valence-corrected chi connectivity index (χ3v) is 4.44. The molecule has 1 saturated heterocycles. The number of carbonyl (C=O) groups excluding carboxylic acids is 1. The van der Waals surface area contributed by atoms with Crippen molar-refractivity contribution in [3.05, 3.63) is 47.7 Å². The summed E-state index contributed by atoms with van der Waals surface area (Å²) in [5, 5.41) is 7.74. The van der Waals surface area contributed by atoms with E-state index in [1.165, 1.54) is 0 Å². The number of likely N-dealkylation sites (tertiary alicyclic amines) is 1. The van der Waals surface area contributed by atoms with Crippen LogP contribution in [0.3, 0.4) is 0 Å². The van der Waals surface area contributed by atoms with Crippen LogP contribution in [0, 0.1) is 0 Å². The van der Waals surface area contributed by atoms with Crippen molar-refractivity contribution in [2.45, 2.75) is 18.9 Å². The van der Waals surface area contributed by atoms with Gasteiger partial charge >= 0.3 is 6.03 Å². The first-order valence-corrected chi connectivity index (χ1v) is 8.51. The lowest BCUT2D eigenvalue weighted by Gasteiger charge is -2.32. The number of carbonyl (C=O) groups is 1. The maximum Gasteiger partial charge on any atom is 0.317 e. The summed E-state index contributed by atoms with van der Waals surface area (Å²) in [5.74, 6) is 0.633. The van der Waals surface area contributed by atoms with Gasteiger partial charge in [0.15, 0.2) is 0 Å². The second kappa shape index (κ2) is 8.06. The third kappa shape index (κ3) is 4.20. The second-order valence-corrected chi connectivity index (χ2v) is 6.12. The van der Waals surface area contributed by atoms with Crippen molar-refractivity contribution in [3.63, 3.8) is 0 Å². The van der Waals surface area contributed by atoms with Crippen LogP contribution >= 0.6 is 11.6 Å². The second-order valence-electron chi connectivity index (χ2n) is 5.72. The minimum absolute atomic E-state index is 0.0447. The molecule has 2 aromatic rings. The van der Waals surface area contributed by atoms with Crippen molar-refractivity contribution >= 4 is 17.6 Å². The van der Waals surface area contributed by atoms with Crippen LogP contribution in [0.5, 0.6) is 5.75 Å². The van der Waals surface area contributed by atoms with E-state index in [4.69, 9.17) is 16.3 Å². The predicted octanol–water partition coefficient (Wildman–Crippen LogP) is 2.96. The number of amides is 2. The summed E-state index contributed by atoms with van der Waals surface area (Å²) in [5.41, 5.74) is 0. The molecule has 3 rings (SSSR count). The Balaban J connectivity index is 1.36. The first-order chi connectivity index (χ1) is 11.7. The standard InChI is InChI=1S/C17H21ClN4O2/c18-15-4-1-2-5-16(15)24-13-9-19-17(23)21-11-6-14(7-12-21)22-10-3-8-20-22/h1-5,8,10,14H,6-7,9,11-13H2,(H,19,23). The molecule has 2 amide bonds. The summed E-state index contributed by atoms with van der Waals surface area (Å²) < 4.78 is 7.54. The summed E-state index contributed by atoms with van der Waals surface area (Å²) in [4.78, 5) is 14.0. The molecule has 1 N–H and O–H groups in total. The van der Waals surface area contributed by atoms with Crippen LogP contribution in [0.1, 0.15) is 18.9 Å². The molecule has 0 radical (unpaired) electrons. The predicted molar refractivity (Wildman–Crippen MR) is 92.4 cm³/mol. The number of para-hydroxylation sites is 1. The van der Waals surface area contributed by atoms with Crippen molar-refractivity contribution < 1.29 is 9.53 Å². The van der Waals surface area contributed by atoms with E-state index in [9.17, 15) is 4.79 Å². The van der Waals surface area contributed by atoms with Gasteiger partial charge in [-0.3, -0.25) is 4.68 Å². The zero-order chi connectivity index (χ0) is 16.8. The smallest absolute Gasteiger partial charge is 0.317 e. The van der Waals surface area contributed by atoms with Gasteiger partial charge in [0.05, 0.1) is 17.6 Å². The highest BCUT2D eigenvalue weighted by molar-refractivity contribution is 6.32. The van der Waals surface area contributed by atoms with E-state index in [1.54, 1.807) is 12.3 Å². The maximum absolute atomic E-state index is 12.2. The number of ether oxygens (including phenoxy) is 1. The molecule has 0 bridgehead atoms. The molecule has 0 spiro atoms. The van der Waals surface area contributed by atoms with Gasteiger partial charge in [0.25, 0.3) is 0 Å². The third-order valence-electron chi connectivity index (χ3n) is 4.12. The average molecular weight is 349 g/mol. The van der Waals surface area contributed by atoms with E-state index in [0.29, 0.717) is 30.0 Å². The number of nitrogens with one attached hydrogen (secondary N) is 1. The minimum Gasteiger partial charge on any atom is -0.490 e. The van der Waals surface area contributed by atoms with Gasteiger partial charge < -0.3 is 15.0 Å². The van der Waals surface area contributed by atoms with Crippen LogP contribution in [-0.4, -0.2) is 47.0 Å². The molecule has 1 aliphatic heterocycles. The normalized spacial score (nSPS) is 15.3. The topological polar surface area (TPSA) is 59.4 Å². The van der Waals surface area contributed by atoms with Crippen LogP contribution in [0.2, 0.25) is 5.02 Å². The molecule has 0 atom stereocenters. The summed E-state index contributed by atoms with van der Waals surface area (Å²) in [6, 6.07) is 9.57. The van der Waals surface area contributed by atoms with Gasteiger partial charge in [0.2, 0.25) is 0 Å². The molecule has 7 heteroatoms. The van der Waals surface area contributed by atoms with Crippen LogP contribution < -0.4 is 10.1 Å². The maximum atomic E-state index is 12.2. The van der Waals surface area contributed by atoms with Gasteiger partial charge in [-0.05, 0) is 31.0 Å². The van der Waals surface area contributed by atoms with E-state index in [-0.39, 0.29) is 6.03 Å². The number of urea groups is 1. The van der Waals surface area contributed by atoms with Crippen LogP contribution in [0.4, 0.5) is 4.79 Å². The Hall–Kier alpha value is -2.21. The number of benzene rings is 1. The molecule has 0 aliphatic carbocycles. The number of aromatic nitrogens is 2. The average Bonchev–Trinajstić information content (AvgIpc) is 3.15. The van der Waals surface area contributed by atoms with Gasteiger partial charge in [0, 0.05) is 25.5 Å². The van der Waals surface area contributed by atoms with Gasteiger partial charge in [-0.15, -0.1) is 0 Å². The molecule has 24 heavy (non-hydrogen) atoms. The quantitative estimate of drug-likeness (QED) is 0.845. The Morgan fingerprint density at radius 3 is 2.79 bits per heavy atom. The van der Waals surface area contributed by atoms with Crippen molar-refractivity contribution in [2.24, 2.45) is 0 Å². The molecule has 1 fully saturated rings. The van der Waals surface area contributed by atoms with Gasteiger partial charge in [-0.2, -0.15) is 5.10 Å². The zero-order valence-corrected chi connectivity index (χ0v) is 14.2. The Morgan fingerprint density at radius 1 is 1.29 bits per heavy atom. The van der Waals surface area contributed by atoms with E-state index in [2.05, 4.69) is 10.4 Å². The lowest BCUT2D eigenvalue weighted by Crippen LogP contribution is -2.45. The fourth-order valence-electron chi connectivity index (χ4n) is 2.82. The first-order valence-electron chi connectivity index (χ1n) is 8.13. The Morgan fingerprint density at radius 2 is 2.08 bits per heavy atom. The molecule has 128 valence electrons. The van der Waals surface area contributed by atoms with Gasteiger partial charge in [0.1, 0.15) is 12.4 Å². The number of hydrogen-bond donors (Lipinski definition) is 1. The Labute approximate surface area is 146 Å². The van der Waals surface area contributed by atoms with Gasteiger partial charge in [-0.25, -0.2) is 4.79 Å². The summed E-state index contributed by atoms with van der Waals surface area (Å²) in [6.07, 6.45) is 5.61.